The van der Waals surface area contributed by atoms with Gasteiger partial charge in [-0.25, -0.2) is 9.97 Å². The molecule has 0 spiro atoms. The molecule has 3 fully saturated rings. The smallest absolute Gasteiger partial charge is 0.290 e. The molecule has 11 heteroatoms. The fourth-order valence-electron chi connectivity index (χ4n) is 7.12. The number of halogens is 1. The number of aryl methyl sites for hydroxylation is 1. The van der Waals surface area contributed by atoms with Gasteiger partial charge in [0.15, 0.2) is 0 Å². The highest BCUT2D eigenvalue weighted by Crippen LogP contribution is 2.34. The van der Waals surface area contributed by atoms with Crippen LogP contribution in [0.15, 0.2) is 59.3 Å². The Morgan fingerprint density at radius 2 is 1.62 bits per heavy atom. The van der Waals surface area contributed by atoms with Crippen molar-refractivity contribution in [3.05, 3.63) is 81.6 Å². The molecule has 250 valence electrons. The third-order valence-electron chi connectivity index (χ3n) is 9.83. The first-order chi connectivity index (χ1) is 22.8. The summed E-state index contributed by atoms with van der Waals surface area (Å²) in [6.45, 7) is 6.71. The van der Waals surface area contributed by atoms with E-state index in [1.807, 2.05) is 47.6 Å². The summed E-state index contributed by atoms with van der Waals surface area (Å²) in [5, 5.41) is 6.89. The normalized spacial score (nSPS) is 19.7. The van der Waals surface area contributed by atoms with E-state index in [0.29, 0.717) is 24.2 Å². The number of piperidine rings is 1. The summed E-state index contributed by atoms with van der Waals surface area (Å²) in [5.74, 6) is 3.11. The number of amides is 2. The molecular formula is C36H44BrN5O5. The number of hydrogen-bond acceptors (Lipinski definition) is 7. The minimum atomic E-state index is -0.250. The van der Waals surface area contributed by atoms with Gasteiger partial charge in [0.25, 0.3) is 12.4 Å². The Balaban J connectivity index is 0.00000139. The van der Waals surface area contributed by atoms with Crippen molar-refractivity contribution in [1.82, 2.24) is 19.8 Å². The van der Waals surface area contributed by atoms with Crippen LogP contribution >= 0.6 is 15.9 Å². The van der Waals surface area contributed by atoms with E-state index >= 15 is 0 Å². The van der Waals surface area contributed by atoms with Gasteiger partial charge in [0, 0.05) is 67.3 Å². The summed E-state index contributed by atoms with van der Waals surface area (Å²) in [5.41, 5.74) is 4.11. The third-order valence-corrected chi connectivity index (χ3v) is 10.3. The van der Waals surface area contributed by atoms with Gasteiger partial charge in [-0.1, -0.05) is 41.1 Å². The van der Waals surface area contributed by atoms with E-state index in [1.165, 1.54) is 5.56 Å². The first-order valence-electron chi connectivity index (χ1n) is 16.5. The first kappa shape index (κ1) is 34.3. The molecule has 2 atom stereocenters. The molecule has 0 unspecified atom stereocenters. The van der Waals surface area contributed by atoms with E-state index in [9.17, 15) is 9.59 Å². The molecule has 2 aromatic carbocycles. The zero-order chi connectivity index (χ0) is 33.3. The number of rotatable bonds is 7. The van der Waals surface area contributed by atoms with Gasteiger partial charge in [0.2, 0.25) is 11.9 Å². The molecule has 3 aliphatic rings. The van der Waals surface area contributed by atoms with Crippen LogP contribution in [0.25, 0.3) is 0 Å². The lowest BCUT2D eigenvalue weighted by Gasteiger charge is -2.32. The maximum Gasteiger partial charge on any atom is 0.290 e. The van der Waals surface area contributed by atoms with E-state index in [4.69, 9.17) is 14.6 Å². The van der Waals surface area contributed by atoms with Crippen molar-refractivity contribution >= 4 is 40.2 Å². The summed E-state index contributed by atoms with van der Waals surface area (Å²) < 4.78 is 6.43. The number of carbonyl (C=O) groups excluding carboxylic acids is 2. The maximum absolute atomic E-state index is 13.7. The van der Waals surface area contributed by atoms with Gasteiger partial charge < -0.3 is 24.5 Å². The number of methoxy groups -OCH3 is 1. The molecule has 0 aliphatic carbocycles. The zero-order valence-electron chi connectivity index (χ0n) is 27.2. The van der Waals surface area contributed by atoms with Gasteiger partial charge in [-0.15, -0.1) is 0 Å². The van der Waals surface area contributed by atoms with Crippen LogP contribution in [-0.4, -0.2) is 89.5 Å². The quantitative estimate of drug-likeness (QED) is 0.323. The third kappa shape index (κ3) is 8.49. The predicted octanol–water partition coefficient (Wildman–Crippen LogP) is 5.45. The van der Waals surface area contributed by atoms with E-state index in [0.717, 1.165) is 104 Å². The lowest BCUT2D eigenvalue weighted by atomic mass is 9.88. The number of carboxylic acid groups (broad SMARTS) is 1. The zero-order valence-corrected chi connectivity index (χ0v) is 28.8. The standard InChI is InChI=1S/C35H42BrN5O3.CH2O2/c1-3-24-20-37-35(38-21-24)40-15-9-25(10-16-40)26-5-4-6-28(17-26)34(43)41-22-29-11-13-39(14-12-30(29)23-41)33(42)18-27-7-8-31(36)19-32(27)44-2;2-1-3/h4-8,17,19-21,25,29-30H,3,9-16,18,22-23H2,1-2H3;1H,(H,2,3)/t29-,30+;. The van der Waals surface area contributed by atoms with E-state index in [2.05, 4.69) is 54.8 Å². The van der Waals surface area contributed by atoms with Crippen LogP contribution in [0.2, 0.25) is 0 Å². The summed E-state index contributed by atoms with van der Waals surface area (Å²) in [6, 6.07) is 14.1. The van der Waals surface area contributed by atoms with Crippen molar-refractivity contribution in [3.63, 3.8) is 0 Å². The number of hydrogen-bond donors (Lipinski definition) is 1. The van der Waals surface area contributed by atoms with Crippen LogP contribution in [-0.2, 0) is 22.4 Å². The fourth-order valence-corrected chi connectivity index (χ4v) is 7.46. The number of nitrogens with zero attached hydrogens (tertiary/aromatic N) is 5. The fraction of sp³-hybridized carbons (Fsp3) is 0.472. The molecule has 1 aromatic heterocycles. The van der Waals surface area contributed by atoms with Gasteiger partial charge in [0.1, 0.15) is 5.75 Å². The number of benzene rings is 2. The van der Waals surface area contributed by atoms with Crippen molar-refractivity contribution in [2.45, 2.75) is 51.4 Å². The molecule has 0 bridgehead atoms. The van der Waals surface area contributed by atoms with Crippen LogP contribution in [0.5, 0.6) is 5.75 Å². The minimum absolute atomic E-state index is 0.136. The largest absolute Gasteiger partial charge is 0.496 e. The van der Waals surface area contributed by atoms with Gasteiger partial charge in [-0.3, -0.25) is 14.4 Å². The molecule has 0 radical (unpaired) electrons. The van der Waals surface area contributed by atoms with E-state index < -0.39 is 0 Å². The van der Waals surface area contributed by atoms with Crippen molar-refractivity contribution in [1.29, 1.82) is 0 Å². The number of likely N-dealkylation sites (tertiary alicyclic amines) is 2. The number of aromatic nitrogens is 2. The molecule has 2 amide bonds. The van der Waals surface area contributed by atoms with Gasteiger partial charge in [-0.2, -0.15) is 0 Å². The topological polar surface area (TPSA) is 116 Å². The van der Waals surface area contributed by atoms with Crippen molar-refractivity contribution < 1.29 is 24.2 Å². The first-order valence-corrected chi connectivity index (χ1v) is 17.3. The second-order valence-electron chi connectivity index (χ2n) is 12.6. The summed E-state index contributed by atoms with van der Waals surface area (Å²) in [4.78, 5) is 50.7. The average molecular weight is 707 g/mol. The molecule has 1 N–H and O–H groups in total. The van der Waals surface area contributed by atoms with Gasteiger partial charge >= 0.3 is 0 Å². The molecule has 3 aliphatic heterocycles. The van der Waals surface area contributed by atoms with Crippen molar-refractivity contribution in [3.8, 4) is 5.75 Å². The minimum Gasteiger partial charge on any atom is -0.496 e. The molecule has 3 saturated heterocycles. The van der Waals surface area contributed by atoms with Crippen molar-refractivity contribution in [2.75, 3.05) is 51.3 Å². The Bertz CT molecular complexity index is 1510. The number of anilines is 1. The van der Waals surface area contributed by atoms with E-state index in [1.54, 1.807) is 7.11 Å². The van der Waals surface area contributed by atoms with Gasteiger partial charge in [0.05, 0.1) is 13.5 Å². The monoisotopic (exact) mass is 705 g/mol. The lowest BCUT2D eigenvalue weighted by molar-refractivity contribution is -0.130. The Morgan fingerprint density at radius 1 is 0.957 bits per heavy atom. The molecule has 4 heterocycles. The Kier molecular flexibility index (Phi) is 11.8. The van der Waals surface area contributed by atoms with Crippen LogP contribution in [0.1, 0.15) is 65.6 Å². The number of carbonyl (C=O) groups is 3. The van der Waals surface area contributed by atoms with Crippen LogP contribution < -0.4 is 9.64 Å². The van der Waals surface area contributed by atoms with Crippen molar-refractivity contribution in [2.24, 2.45) is 11.8 Å². The predicted molar refractivity (Wildman–Crippen MR) is 184 cm³/mol. The molecule has 0 saturated carbocycles. The number of ether oxygens (including phenoxy) is 1. The molecule has 3 aromatic rings. The summed E-state index contributed by atoms with van der Waals surface area (Å²) in [7, 11) is 1.64. The van der Waals surface area contributed by atoms with E-state index in [-0.39, 0.29) is 18.3 Å². The van der Waals surface area contributed by atoms with Crippen LogP contribution in [0.3, 0.4) is 0 Å². The number of fused-ring (bicyclic) bond motifs is 1. The molecule has 47 heavy (non-hydrogen) atoms. The lowest BCUT2D eigenvalue weighted by Crippen LogP contribution is -2.35. The second-order valence-corrected chi connectivity index (χ2v) is 13.5. The summed E-state index contributed by atoms with van der Waals surface area (Å²) in [6.07, 6.45) is 9.05. The highest BCUT2D eigenvalue weighted by Gasteiger charge is 2.38. The molecular weight excluding hydrogens is 662 g/mol. The highest BCUT2D eigenvalue weighted by atomic mass is 79.9. The second kappa shape index (κ2) is 16.2. The maximum atomic E-state index is 13.7. The van der Waals surface area contributed by atoms with Crippen LogP contribution in [0.4, 0.5) is 5.95 Å². The Morgan fingerprint density at radius 3 is 2.23 bits per heavy atom. The van der Waals surface area contributed by atoms with Crippen LogP contribution in [0, 0.1) is 11.8 Å². The molecule has 10 nitrogen and oxygen atoms in total. The molecule has 6 rings (SSSR count). The highest BCUT2D eigenvalue weighted by molar-refractivity contribution is 9.10. The Labute approximate surface area is 285 Å². The van der Waals surface area contributed by atoms with Gasteiger partial charge in [-0.05, 0) is 85.3 Å². The SMILES string of the molecule is CCc1cnc(N2CCC(c3cccc(C(=O)N4C[C@H]5CCN(C(=O)Cc6ccc(Br)cc6OC)CC[C@H]5C4)c3)CC2)nc1.O=CO. The average Bonchev–Trinajstić information content (AvgIpc) is 3.41. The summed E-state index contributed by atoms with van der Waals surface area (Å²) >= 11 is 3.47. The Hall–Kier alpha value is -3.99.